The number of nitrogens with zero attached hydrogens (tertiary/aromatic N) is 4. The quantitative estimate of drug-likeness (QED) is 0.876. The van der Waals surface area contributed by atoms with E-state index in [0.717, 1.165) is 36.6 Å². The summed E-state index contributed by atoms with van der Waals surface area (Å²) in [4.78, 5) is 20.9. The zero-order valence-corrected chi connectivity index (χ0v) is 15.6. The molecular weight excluding hydrogens is 340 g/mol. The van der Waals surface area contributed by atoms with Crippen LogP contribution in [-0.2, 0) is 6.54 Å². The number of rotatable bonds is 5. The van der Waals surface area contributed by atoms with E-state index in [1.807, 2.05) is 19.2 Å². The van der Waals surface area contributed by atoms with Crippen molar-refractivity contribution in [2.45, 2.75) is 45.4 Å². The minimum absolute atomic E-state index is 0.116. The Bertz CT molecular complexity index is 721. The highest BCUT2D eigenvalue weighted by Crippen LogP contribution is 2.24. The number of amides is 1. The van der Waals surface area contributed by atoms with Crippen molar-refractivity contribution >= 4 is 17.2 Å². The summed E-state index contributed by atoms with van der Waals surface area (Å²) < 4.78 is 5.34. The first-order valence-corrected chi connectivity index (χ1v) is 9.37. The Morgan fingerprint density at radius 2 is 2.24 bits per heavy atom. The number of carbonyl (C=O) groups excluding carboxylic acids is 1. The van der Waals surface area contributed by atoms with Gasteiger partial charge in [0.1, 0.15) is 5.01 Å². The van der Waals surface area contributed by atoms with Crippen LogP contribution in [0.5, 0.6) is 0 Å². The molecule has 0 aliphatic carbocycles. The van der Waals surface area contributed by atoms with Crippen molar-refractivity contribution in [2.24, 2.45) is 0 Å². The molecule has 7 nitrogen and oxygen atoms in total. The molecule has 3 heterocycles. The summed E-state index contributed by atoms with van der Waals surface area (Å²) in [5, 5.41) is 16.4. The van der Waals surface area contributed by atoms with Gasteiger partial charge in [0, 0.05) is 37.3 Å². The Kier molecular flexibility index (Phi) is 5.51. The van der Waals surface area contributed by atoms with E-state index in [1.165, 1.54) is 0 Å². The van der Waals surface area contributed by atoms with E-state index in [2.05, 4.69) is 15.0 Å². The summed E-state index contributed by atoms with van der Waals surface area (Å²) in [6.07, 6.45) is 1.34. The van der Waals surface area contributed by atoms with E-state index in [9.17, 15) is 9.90 Å². The number of aromatic nitrogens is 2. The van der Waals surface area contributed by atoms with Crippen molar-refractivity contribution < 1.29 is 14.4 Å². The minimum atomic E-state index is -0.201. The second kappa shape index (κ2) is 7.63. The maximum absolute atomic E-state index is 12.6. The van der Waals surface area contributed by atoms with Gasteiger partial charge in [0.2, 0.25) is 0 Å². The van der Waals surface area contributed by atoms with Crippen LogP contribution in [0.15, 0.2) is 16.0 Å². The van der Waals surface area contributed by atoms with Crippen molar-refractivity contribution in [2.75, 3.05) is 20.1 Å². The predicted molar refractivity (Wildman–Crippen MR) is 94.4 cm³/mol. The second-order valence-corrected chi connectivity index (χ2v) is 7.49. The molecule has 2 aromatic heterocycles. The fourth-order valence-electron chi connectivity index (χ4n) is 2.87. The molecule has 1 aliphatic rings. The molecule has 1 atom stereocenters. The molecule has 8 heteroatoms. The first kappa shape index (κ1) is 18.0. The minimum Gasteiger partial charge on any atom is -0.393 e. The van der Waals surface area contributed by atoms with Gasteiger partial charge in [-0.15, -0.1) is 11.3 Å². The Labute approximate surface area is 151 Å². The smallest absolute Gasteiger partial charge is 0.276 e. The molecule has 1 saturated heterocycles. The lowest BCUT2D eigenvalue weighted by Crippen LogP contribution is -2.35. The third kappa shape index (κ3) is 4.26. The van der Waals surface area contributed by atoms with E-state index in [-0.39, 0.29) is 18.1 Å². The number of hydrogen-bond acceptors (Lipinski definition) is 7. The lowest BCUT2D eigenvalue weighted by atomic mass is 10.1. The first-order valence-electron chi connectivity index (χ1n) is 8.49. The lowest BCUT2D eigenvalue weighted by molar-refractivity contribution is 0.0724. The summed E-state index contributed by atoms with van der Waals surface area (Å²) in [5.41, 5.74) is 1.28. The highest BCUT2D eigenvalue weighted by Gasteiger charge is 2.25. The summed E-state index contributed by atoms with van der Waals surface area (Å²) in [5.74, 6) is 0.496. The average Bonchev–Trinajstić information content (AvgIpc) is 3.24. The largest absolute Gasteiger partial charge is 0.393 e. The van der Waals surface area contributed by atoms with Gasteiger partial charge in [-0.25, -0.2) is 4.98 Å². The monoisotopic (exact) mass is 364 g/mol. The molecule has 1 fully saturated rings. The molecule has 1 N–H and O–H groups in total. The third-order valence-electron chi connectivity index (χ3n) is 4.61. The maximum atomic E-state index is 12.6. The summed E-state index contributed by atoms with van der Waals surface area (Å²) in [7, 11) is 1.75. The van der Waals surface area contributed by atoms with Gasteiger partial charge >= 0.3 is 0 Å². The highest BCUT2D eigenvalue weighted by atomic mass is 32.1. The number of thiazole rings is 1. The van der Waals surface area contributed by atoms with Gasteiger partial charge in [-0.1, -0.05) is 5.16 Å². The SMILES string of the molecule is Cc1csc([C@@H](C)N(C)C(=O)c2cc(CN3CCC(O)CC3)on2)n1. The molecule has 0 unspecified atom stereocenters. The van der Waals surface area contributed by atoms with Crippen LogP contribution >= 0.6 is 11.3 Å². The molecule has 0 saturated carbocycles. The summed E-state index contributed by atoms with van der Waals surface area (Å²) in [6, 6.07) is 1.60. The fourth-order valence-corrected chi connectivity index (χ4v) is 3.77. The number of aliphatic hydroxyl groups excluding tert-OH is 1. The number of hydrogen-bond donors (Lipinski definition) is 1. The molecule has 25 heavy (non-hydrogen) atoms. The van der Waals surface area contributed by atoms with Crippen LogP contribution in [0.2, 0.25) is 0 Å². The van der Waals surface area contributed by atoms with Gasteiger partial charge in [0.25, 0.3) is 5.91 Å². The van der Waals surface area contributed by atoms with Gasteiger partial charge in [0.15, 0.2) is 11.5 Å². The van der Waals surface area contributed by atoms with Crippen LogP contribution in [0.1, 0.15) is 52.8 Å². The summed E-state index contributed by atoms with van der Waals surface area (Å²) >= 11 is 1.55. The van der Waals surface area contributed by atoms with Gasteiger partial charge in [-0.2, -0.15) is 0 Å². The van der Waals surface area contributed by atoms with Crippen molar-refractivity contribution in [1.29, 1.82) is 0 Å². The van der Waals surface area contributed by atoms with Gasteiger partial charge in [-0.3, -0.25) is 9.69 Å². The van der Waals surface area contributed by atoms with E-state index < -0.39 is 0 Å². The van der Waals surface area contributed by atoms with Crippen LogP contribution < -0.4 is 0 Å². The topological polar surface area (TPSA) is 82.7 Å². The third-order valence-corrected chi connectivity index (χ3v) is 5.74. The molecule has 136 valence electrons. The molecular formula is C17H24N4O3S. The zero-order valence-electron chi connectivity index (χ0n) is 14.8. The molecule has 3 rings (SSSR count). The zero-order chi connectivity index (χ0) is 18.0. The van der Waals surface area contributed by atoms with Crippen molar-refractivity contribution in [3.05, 3.63) is 33.6 Å². The van der Waals surface area contributed by atoms with E-state index in [4.69, 9.17) is 4.52 Å². The number of carbonyl (C=O) groups is 1. The van der Waals surface area contributed by atoms with Crippen LogP contribution in [0, 0.1) is 6.92 Å². The van der Waals surface area contributed by atoms with E-state index in [0.29, 0.717) is 18.0 Å². The molecule has 0 aromatic carbocycles. The molecule has 2 aromatic rings. The van der Waals surface area contributed by atoms with Gasteiger partial charge < -0.3 is 14.5 Å². The first-order chi connectivity index (χ1) is 11.9. The van der Waals surface area contributed by atoms with Crippen LogP contribution in [0.4, 0.5) is 0 Å². The van der Waals surface area contributed by atoms with Gasteiger partial charge in [-0.05, 0) is 26.7 Å². The predicted octanol–water partition coefficient (Wildman–Crippen LogP) is 2.23. The Balaban J connectivity index is 1.61. The van der Waals surface area contributed by atoms with Crippen molar-refractivity contribution in [3.63, 3.8) is 0 Å². The van der Waals surface area contributed by atoms with Crippen LogP contribution in [0.25, 0.3) is 0 Å². The molecule has 1 aliphatic heterocycles. The van der Waals surface area contributed by atoms with Crippen molar-refractivity contribution in [1.82, 2.24) is 19.9 Å². The van der Waals surface area contributed by atoms with Crippen LogP contribution in [0.3, 0.4) is 0 Å². The Morgan fingerprint density at radius 1 is 1.52 bits per heavy atom. The molecule has 1 amide bonds. The Hall–Kier alpha value is -1.77. The summed E-state index contributed by atoms with van der Waals surface area (Å²) in [6.45, 7) is 6.16. The van der Waals surface area contributed by atoms with Crippen LogP contribution in [-0.4, -0.2) is 57.2 Å². The van der Waals surface area contributed by atoms with Crippen molar-refractivity contribution in [3.8, 4) is 0 Å². The number of piperidine rings is 1. The fraction of sp³-hybridized carbons (Fsp3) is 0.588. The number of likely N-dealkylation sites (tertiary alicyclic amines) is 1. The standard InChI is InChI=1S/C17H24N4O3S/c1-11-10-25-16(18-11)12(2)20(3)17(23)15-8-14(24-19-15)9-21-6-4-13(22)5-7-21/h8,10,12-13,22H,4-7,9H2,1-3H3/t12-/m1/s1. The normalized spacial score (nSPS) is 17.6. The van der Waals surface area contributed by atoms with Gasteiger partial charge in [0.05, 0.1) is 18.7 Å². The number of aliphatic hydroxyl groups is 1. The molecule has 0 spiro atoms. The second-order valence-electron chi connectivity index (χ2n) is 6.60. The lowest BCUT2D eigenvalue weighted by Gasteiger charge is -2.28. The average molecular weight is 364 g/mol. The highest BCUT2D eigenvalue weighted by molar-refractivity contribution is 7.09. The molecule has 0 radical (unpaired) electrons. The Morgan fingerprint density at radius 3 is 2.88 bits per heavy atom. The van der Waals surface area contributed by atoms with E-state index >= 15 is 0 Å². The molecule has 0 bridgehead atoms. The van der Waals surface area contributed by atoms with E-state index in [1.54, 1.807) is 29.4 Å². The maximum Gasteiger partial charge on any atom is 0.276 e. The number of aryl methyl sites for hydroxylation is 1.